The molecule has 2 N–H and O–H groups in total. The van der Waals surface area contributed by atoms with Gasteiger partial charge in [0.1, 0.15) is 11.8 Å². The van der Waals surface area contributed by atoms with E-state index in [0.29, 0.717) is 54.9 Å². The molecular weight excluding hydrogens is 380 g/mol. The average molecular weight is 402 g/mol. The lowest BCUT2D eigenvalue weighted by Crippen LogP contribution is -2.31. The van der Waals surface area contributed by atoms with Gasteiger partial charge in [-0.25, -0.2) is 9.52 Å². The van der Waals surface area contributed by atoms with Gasteiger partial charge in [-0.15, -0.1) is 0 Å². The number of nitriles is 1. The predicted molar refractivity (Wildman–Crippen MR) is 104 cm³/mol. The number of carboxylic acid groups (broad SMARTS) is 1. The maximum absolute atomic E-state index is 11.8. The summed E-state index contributed by atoms with van der Waals surface area (Å²) >= 11 is 0. The van der Waals surface area contributed by atoms with Crippen LogP contribution in [0.15, 0.2) is 24.3 Å². The standard InChI is InChI=1S/C19H22N4O4S/c1-3-16-15(12-20)17(18(19(24)25)22(16)2)14-6-4-13(5-7-14)8-10-23-11-9-21-28(23,26)27/h4-7,21H,3,8-11H2,1-2H3,(H,24,25). The quantitative estimate of drug-likeness (QED) is 0.760. The Kier molecular flexibility index (Phi) is 5.56. The minimum Gasteiger partial charge on any atom is -0.477 e. The molecule has 0 atom stereocenters. The molecule has 28 heavy (non-hydrogen) atoms. The fraction of sp³-hybridized carbons (Fsp3) is 0.368. The zero-order valence-corrected chi connectivity index (χ0v) is 16.6. The predicted octanol–water partition coefficient (Wildman–Crippen LogP) is 1.52. The number of nitrogens with one attached hydrogen (secondary N) is 1. The van der Waals surface area contributed by atoms with E-state index in [4.69, 9.17) is 0 Å². The number of nitrogens with zero attached hydrogens (tertiary/aromatic N) is 3. The number of carboxylic acids is 1. The number of hydrogen-bond acceptors (Lipinski definition) is 4. The van der Waals surface area contributed by atoms with Gasteiger partial charge < -0.3 is 9.67 Å². The number of carbonyl (C=O) groups is 1. The van der Waals surface area contributed by atoms with Crippen LogP contribution in [0, 0.1) is 11.3 Å². The highest BCUT2D eigenvalue weighted by Crippen LogP contribution is 2.32. The third-order valence-corrected chi connectivity index (χ3v) is 6.66. The zero-order chi connectivity index (χ0) is 20.5. The molecule has 1 aliphatic heterocycles. The molecule has 2 aromatic rings. The molecule has 0 amide bonds. The molecule has 0 spiro atoms. The van der Waals surface area contributed by atoms with Gasteiger partial charge in [0.15, 0.2) is 0 Å². The first-order chi connectivity index (χ1) is 13.3. The molecule has 3 rings (SSSR count). The maximum atomic E-state index is 11.8. The molecule has 1 aromatic carbocycles. The van der Waals surface area contributed by atoms with Crippen molar-refractivity contribution in [2.24, 2.45) is 7.05 Å². The van der Waals surface area contributed by atoms with E-state index in [0.717, 1.165) is 5.56 Å². The Bertz CT molecular complexity index is 1050. The SMILES string of the molecule is CCc1c(C#N)c(-c2ccc(CCN3CCNS3(=O)=O)cc2)c(C(=O)O)n1C. The number of rotatable bonds is 6. The van der Waals surface area contributed by atoms with Gasteiger partial charge in [-0.2, -0.15) is 18.0 Å². The van der Waals surface area contributed by atoms with E-state index in [1.54, 1.807) is 23.7 Å². The first-order valence-corrected chi connectivity index (χ1v) is 10.4. The van der Waals surface area contributed by atoms with Crippen LogP contribution in [0.3, 0.4) is 0 Å². The van der Waals surface area contributed by atoms with Gasteiger partial charge >= 0.3 is 5.97 Å². The van der Waals surface area contributed by atoms with Crippen LogP contribution in [-0.2, 0) is 30.1 Å². The maximum Gasteiger partial charge on any atom is 0.353 e. The Labute approximate surface area is 164 Å². The van der Waals surface area contributed by atoms with Gasteiger partial charge in [-0.05, 0) is 24.0 Å². The Morgan fingerprint density at radius 3 is 2.50 bits per heavy atom. The minimum absolute atomic E-state index is 0.0929. The van der Waals surface area contributed by atoms with Gasteiger partial charge in [0.25, 0.3) is 10.2 Å². The number of hydrogen-bond donors (Lipinski definition) is 2. The van der Waals surface area contributed by atoms with Crippen LogP contribution in [0.1, 0.15) is 34.2 Å². The molecule has 1 saturated heterocycles. The third-order valence-electron chi connectivity index (χ3n) is 5.04. The lowest BCUT2D eigenvalue weighted by Gasteiger charge is -2.13. The number of benzene rings is 1. The van der Waals surface area contributed by atoms with Crippen molar-refractivity contribution >= 4 is 16.2 Å². The van der Waals surface area contributed by atoms with Crippen LogP contribution in [0.2, 0.25) is 0 Å². The largest absolute Gasteiger partial charge is 0.477 e. The normalized spacial score (nSPS) is 16.2. The first kappa shape index (κ1) is 20.1. The molecule has 0 bridgehead atoms. The Hall–Kier alpha value is -2.67. The second-order valence-electron chi connectivity index (χ2n) is 6.62. The minimum atomic E-state index is -3.36. The molecule has 148 valence electrons. The summed E-state index contributed by atoms with van der Waals surface area (Å²) in [6.07, 6.45) is 1.10. The van der Waals surface area contributed by atoms with Gasteiger partial charge in [0.05, 0.1) is 5.56 Å². The topological polar surface area (TPSA) is 115 Å². The molecule has 0 radical (unpaired) electrons. The highest BCUT2D eigenvalue weighted by atomic mass is 32.2. The van der Waals surface area contributed by atoms with Crippen molar-refractivity contribution in [3.05, 3.63) is 46.8 Å². The lowest BCUT2D eigenvalue weighted by atomic mass is 9.98. The molecule has 0 aliphatic carbocycles. The van der Waals surface area contributed by atoms with Gasteiger partial charge in [-0.3, -0.25) is 0 Å². The summed E-state index contributed by atoms with van der Waals surface area (Å²) in [5.41, 5.74) is 3.18. The summed E-state index contributed by atoms with van der Waals surface area (Å²) in [6.45, 7) is 3.14. The fourth-order valence-electron chi connectivity index (χ4n) is 3.63. The second kappa shape index (κ2) is 7.75. The van der Waals surface area contributed by atoms with Crippen molar-refractivity contribution in [3.63, 3.8) is 0 Å². The molecule has 9 heteroatoms. The highest BCUT2D eigenvalue weighted by Gasteiger charge is 2.27. The van der Waals surface area contributed by atoms with Gasteiger partial charge in [0, 0.05) is 37.9 Å². The molecular formula is C19H22N4O4S. The van der Waals surface area contributed by atoms with E-state index >= 15 is 0 Å². The van der Waals surface area contributed by atoms with Crippen LogP contribution < -0.4 is 4.72 Å². The Balaban J connectivity index is 1.90. The molecule has 8 nitrogen and oxygen atoms in total. The second-order valence-corrected chi connectivity index (χ2v) is 8.38. The van der Waals surface area contributed by atoms with Crippen molar-refractivity contribution in [1.82, 2.24) is 13.6 Å². The van der Waals surface area contributed by atoms with Gasteiger partial charge in [-0.1, -0.05) is 31.2 Å². The summed E-state index contributed by atoms with van der Waals surface area (Å²) in [5, 5.41) is 19.2. The van der Waals surface area contributed by atoms with Crippen molar-refractivity contribution in [1.29, 1.82) is 5.26 Å². The number of aromatic carboxylic acids is 1. The molecule has 2 heterocycles. The van der Waals surface area contributed by atoms with Crippen LogP contribution in [-0.4, -0.2) is 48.0 Å². The molecule has 1 fully saturated rings. The van der Waals surface area contributed by atoms with Crippen molar-refractivity contribution in [2.45, 2.75) is 19.8 Å². The Morgan fingerprint density at radius 1 is 1.32 bits per heavy atom. The average Bonchev–Trinajstić information content (AvgIpc) is 3.15. The summed E-state index contributed by atoms with van der Waals surface area (Å²) in [7, 11) is -1.70. The van der Waals surface area contributed by atoms with Crippen molar-refractivity contribution < 1.29 is 18.3 Å². The van der Waals surface area contributed by atoms with Crippen LogP contribution in [0.5, 0.6) is 0 Å². The smallest absolute Gasteiger partial charge is 0.353 e. The zero-order valence-electron chi connectivity index (χ0n) is 15.8. The van der Waals surface area contributed by atoms with Crippen LogP contribution in [0.25, 0.3) is 11.1 Å². The first-order valence-electron chi connectivity index (χ1n) is 8.99. The highest BCUT2D eigenvalue weighted by molar-refractivity contribution is 7.87. The summed E-state index contributed by atoms with van der Waals surface area (Å²) in [4.78, 5) is 11.8. The number of aromatic nitrogens is 1. The molecule has 1 aromatic heterocycles. The third kappa shape index (κ3) is 3.54. The molecule has 1 aliphatic rings. The van der Waals surface area contributed by atoms with Crippen molar-refractivity contribution in [2.75, 3.05) is 19.6 Å². The lowest BCUT2D eigenvalue weighted by molar-refractivity contribution is 0.0687. The van der Waals surface area contributed by atoms with E-state index in [9.17, 15) is 23.6 Å². The molecule has 0 saturated carbocycles. The van der Waals surface area contributed by atoms with E-state index in [2.05, 4.69) is 10.8 Å². The van der Waals surface area contributed by atoms with Crippen molar-refractivity contribution in [3.8, 4) is 17.2 Å². The fourth-order valence-corrected chi connectivity index (χ4v) is 4.83. The van der Waals surface area contributed by atoms with Gasteiger partial charge in [0.2, 0.25) is 0 Å². The summed E-state index contributed by atoms with van der Waals surface area (Å²) < 4.78 is 29.0. The van der Waals surface area contributed by atoms with E-state index in [1.807, 2.05) is 19.1 Å². The Morgan fingerprint density at radius 2 is 2.00 bits per heavy atom. The van der Waals surface area contributed by atoms with Crippen LogP contribution >= 0.6 is 0 Å². The van der Waals surface area contributed by atoms with E-state index < -0.39 is 16.2 Å². The monoisotopic (exact) mass is 402 g/mol. The summed E-state index contributed by atoms with van der Waals surface area (Å²) in [6, 6.07) is 9.41. The van der Waals surface area contributed by atoms with Crippen LogP contribution in [0.4, 0.5) is 0 Å². The van der Waals surface area contributed by atoms with E-state index in [-0.39, 0.29) is 5.69 Å². The summed E-state index contributed by atoms with van der Waals surface area (Å²) in [5.74, 6) is -1.08. The molecule has 0 unspecified atom stereocenters. The van der Waals surface area contributed by atoms with E-state index in [1.165, 1.54) is 4.31 Å².